The summed E-state index contributed by atoms with van der Waals surface area (Å²) in [5.41, 5.74) is 0. The molecule has 0 aromatic rings. The lowest BCUT2D eigenvalue weighted by Crippen LogP contribution is -2.40. The van der Waals surface area contributed by atoms with E-state index in [-0.39, 0.29) is 29.8 Å². The zero-order chi connectivity index (χ0) is 13.8. The van der Waals surface area contributed by atoms with Crippen molar-refractivity contribution in [2.45, 2.75) is 45.1 Å². The molecule has 1 heterocycles. The van der Waals surface area contributed by atoms with Crippen LogP contribution in [0.3, 0.4) is 0 Å². The fourth-order valence-electron chi connectivity index (χ4n) is 3.08. The normalized spacial score (nSPS) is 31.1. The Hall–Kier alpha value is -1.50. The van der Waals surface area contributed by atoms with Gasteiger partial charge in [-0.05, 0) is 32.6 Å². The summed E-state index contributed by atoms with van der Waals surface area (Å²) >= 11 is 0. The minimum Gasteiger partial charge on any atom is -0.466 e. The van der Waals surface area contributed by atoms with Crippen LogP contribution in [0.5, 0.6) is 0 Å². The third kappa shape index (κ3) is 3.09. The van der Waals surface area contributed by atoms with Gasteiger partial charge in [-0.2, -0.15) is 0 Å². The van der Waals surface area contributed by atoms with Gasteiger partial charge in [0.05, 0.1) is 12.5 Å². The van der Waals surface area contributed by atoms with Crippen LogP contribution in [0.4, 0.5) is 0 Å². The molecule has 2 fully saturated rings. The van der Waals surface area contributed by atoms with Crippen LogP contribution in [0.25, 0.3) is 0 Å². The number of esters is 1. The van der Waals surface area contributed by atoms with Crippen LogP contribution in [0.1, 0.15) is 39.0 Å². The van der Waals surface area contributed by atoms with Crippen LogP contribution in [-0.2, 0) is 14.3 Å². The molecule has 0 spiro atoms. The van der Waals surface area contributed by atoms with Crippen LogP contribution < -0.4 is 0 Å². The minimum absolute atomic E-state index is 0.0114. The largest absolute Gasteiger partial charge is 0.466 e. The summed E-state index contributed by atoms with van der Waals surface area (Å²) in [5, 5.41) is 0. The summed E-state index contributed by atoms with van der Waals surface area (Å²) in [6.07, 6.45) is 9.26. The Morgan fingerprint density at radius 2 is 2.11 bits per heavy atom. The second-order valence-corrected chi connectivity index (χ2v) is 5.37. The first kappa shape index (κ1) is 13.9. The van der Waals surface area contributed by atoms with Crippen molar-refractivity contribution in [1.82, 2.24) is 4.90 Å². The molecule has 19 heavy (non-hydrogen) atoms. The summed E-state index contributed by atoms with van der Waals surface area (Å²) < 4.78 is 5.05. The number of rotatable bonds is 3. The highest BCUT2D eigenvalue weighted by atomic mass is 16.5. The zero-order valence-electron chi connectivity index (χ0n) is 11.4. The molecule has 1 atom stereocenters. The van der Waals surface area contributed by atoms with E-state index in [0.29, 0.717) is 19.6 Å². The Balaban J connectivity index is 1.85. The van der Waals surface area contributed by atoms with E-state index in [1.165, 1.54) is 0 Å². The van der Waals surface area contributed by atoms with Crippen molar-refractivity contribution in [2.24, 2.45) is 11.8 Å². The standard InChI is InChI=1S/C15H21NO3/c1-3-11-9-14(17)16(10-11)13-7-5-12(6-8-13)15(18)19-4-2/h1,11-13H,4-10H2,2H3. The quantitative estimate of drug-likeness (QED) is 0.574. The van der Waals surface area contributed by atoms with E-state index in [2.05, 4.69) is 5.92 Å². The van der Waals surface area contributed by atoms with Crippen molar-refractivity contribution in [3.8, 4) is 12.3 Å². The van der Waals surface area contributed by atoms with Crippen molar-refractivity contribution in [2.75, 3.05) is 13.2 Å². The number of carbonyl (C=O) groups is 2. The average molecular weight is 263 g/mol. The lowest BCUT2D eigenvalue weighted by Gasteiger charge is -2.33. The van der Waals surface area contributed by atoms with Crippen LogP contribution in [0.2, 0.25) is 0 Å². The van der Waals surface area contributed by atoms with Crippen LogP contribution >= 0.6 is 0 Å². The van der Waals surface area contributed by atoms with E-state index < -0.39 is 0 Å². The average Bonchev–Trinajstić information content (AvgIpc) is 2.80. The summed E-state index contributed by atoms with van der Waals surface area (Å²) in [6.45, 7) is 2.95. The molecule has 1 saturated carbocycles. The van der Waals surface area contributed by atoms with Gasteiger partial charge in [-0.25, -0.2) is 0 Å². The van der Waals surface area contributed by atoms with Crippen molar-refractivity contribution in [3.63, 3.8) is 0 Å². The molecule has 2 aliphatic rings. The lowest BCUT2D eigenvalue weighted by atomic mass is 9.85. The smallest absolute Gasteiger partial charge is 0.308 e. The fraction of sp³-hybridized carbons (Fsp3) is 0.733. The first-order chi connectivity index (χ1) is 9.15. The Labute approximate surface area is 114 Å². The molecular formula is C15H21NO3. The lowest BCUT2D eigenvalue weighted by molar-refractivity contribution is -0.149. The number of amides is 1. The van der Waals surface area contributed by atoms with Gasteiger partial charge < -0.3 is 9.64 Å². The van der Waals surface area contributed by atoms with E-state index in [4.69, 9.17) is 11.2 Å². The maximum absolute atomic E-state index is 11.9. The predicted octanol–water partition coefficient (Wildman–Crippen LogP) is 1.59. The molecule has 0 aromatic heterocycles. The van der Waals surface area contributed by atoms with Gasteiger partial charge in [0.15, 0.2) is 0 Å². The minimum atomic E-state index is -0.0878. The number of hydrogen-bond acceptors (Lipinski definition) is 3. The van der Waals surface area contributed by atoms with Crippen LogP contribution in [0.15, 0.2) is 0 Å². The zero-order valence-corrected chi connectivity index (χ0v) is 11.4. The molecule has 1 amide bonds. The number of hydrogen-bond donors (Lipinski definition) is 0. The van der Waals surface area contributed by atoms with E-state index in [1.807, 2.05) is 11.8 Å². The first-order valence-electron chi connectivity index (χ1n) is 7.08. The van der Waals surface area contributed by atoms with E-state index in [0.717, 1.165) is 25.7 Å². The van der Waals surface area contributed by atoms with Crippen molar-refractivity contribution >= 4 is 11.9 Å². The van der Waals surface area contributed by atoms with Crippen molar-refractivity contribution < 1.29 is 14.3 Å². The molecule has 1 saturated heterocycles. The van der Waals surface area contributed by atoms with Gasteiger partial charge in [0, 0.05) is 24.9 Å². The monoisotopic (exact) mass is 263 g/mol. The van der Waals surface area contributed by atoms with Gasteiger partial charge in [0.25, 0.3) is 0 Å². The SMILES string of the molecule is C#CC1CC(=O)N(C2CCC(C(=O)OCC)CC2)C1. The molecule has 1 aliphatic heterocycles. The molecule has 4 heteroatoms. The highest BCUT2D eigenvalue weighted by molar-refractivity contribution is 5.79. The van der Waals surface area contributed by atoms with Crippen molar-refractivity contribution in [1.29, 1.82) is 0 Å². The Bertz CT molecular complexity index is 391. The van der Waals surface area contributed by atoms with Gasteiger partial charge >= 0.3 is 5.97 Å². The van der Waals surface area contributed by atoms with Gasteiger partial charge in [0.2, 0.25) is 5.91 Å². The maximum atomic E-state index is 11.9. The molecule has 0 bridgehead atoms. The molecule has 1 unspecified atom stereocenters. The number of nitrogens with zero attached hydrogens (tertiary/aromatic N) is 1. The molecule has 4 nitrogen and oxygen atoms in total. The third-order valence-electron chi connectivity index (χ3n) is 4.15. The second-order valence-electron chi connectivity index (χ2n) is 5.37. The topological polar surface area (TPSA) is 46.6 Å². The van der Waals surface area contributed by atoms with Crippen LogP contribution in [0, 0.1) is 24.2 Å². The summed E-state index contributed by atoms with van der Waals surface area (Å²) in [6, 6.07) is 0.261. The van der Waals surface area contributed by atoms with E-state index >= 15 is 0 Å². The maximum Gasteiger partial charge on any atom is 0.308 e. The Morgan fingerprint density at radius 1 is 1.42 bits per heavy atom. The third-order valence-corrected chi connectivity index (χ3v) is 4.15. The van der Waals surface area contributed by atoms with Gasteiger partial charge in [-0.15, -0.1) is 12.3 Å². The first-order valence-corrected chi connectivity index (χ1v) is 7.08. The predicted molar refractivity (Wildman–Crippen MR) is 71.0 cm³/mol. The number of terminal acetylenes is 1. The van der Waals surface area contributed by atoms with Gasteiger partial charge in [-0.1, -0.05) is 0 Å². The fourth-order valence-corrected chi connectivity index (χ4v) is 3.08. The van der Waals surface area contributed by atoms with E-state index in [1.54, 1.807) is 0 Å². The number of likely N-dealkylation sites (tertiary alicyclic amines) is 1. The summed E-state index contributed by atoms with van der Waals surface area (Å²) in [7, 11) is 0. The summed E-state index contributed by atoms with van der Waals surface area (Å²) in [4.78, 5) is 25.5. The molecule has 104 valence electrons. The highest BCUT2D eigenvalue weighted by Gasteiger charge is 2.36. The van der Waals surface area contributed by atoms with Crippen LogP contribution in [-0.4, -0.2) is 36.0 Å². The number of ether oxygens (including phenoxy) is 1. The van der Waals surface area contributed by atoms with Crippen molar-refractivity contribution in [3.05, 3.63) is 0 Å². The van der Waals surface area contributed by atoms with Gasteiger partial charge in [0.1, 0.15) is 0 Å². The Kier molecular flexibility index (Phi) is 4.47. The summed E-state index contributed by atoms with van der Waals surface area (Å²) in [5.74, 6) is 2.83. The highest BCUT2D eigenvalue weighted by Crippen LogP contribution is 2.31. The van der Waals surface area contributed by atoms with E-state index in [9.17, 15) is 9.59 Å². The molecule has 0 N–H and O–H groups in total. The Morgan fingerprint density at radius 3 is 2.63 bits per heavy atom. The molecule has 0 radical (unpaired) electrons. The molecular weight excluding hydrogens is 242 g/mol. The van der Waals surface area contributed by atoms with Gasteiger partial charge in [-0.3, -0.25) is 9.59 Å². The molecule has 2 rings (SSSR count). The molecule has 0 aromatic carbocycles. The number of carbonyl (C=O) groups excluding carboxylic acids is 2. The second kappa shape index (κ2) is 6.10. The molecule has 1 aliphatic carbocycles.